The van der Waals surface area contributed by atoms with Gasteiger partial charge in [-0.25, -0.2) is 9.07 Å². The van der Waals surface area contributed by atoms with Gasteiger partial charge < -0.3 is 10.6 Å². The normalized spacial score (nSPS) is 12.7. The number of amides is 1. The highest BCUT2D eigenvalue weighted by Gasteiger charge is 2.35. The van der Waals surface area contributed by atoms with Crippen LogP contribution in [0.4, 0.5) is 10.1 Å². The van der Waals surface area contributed by atoms with Gasteiger partial charge in [-0.15, -0.1) is 0 Å². The molecule has 25 heavy (non-hydrogen) atoms. The summed E-state index contributed by atoms with van der Waals surface area (Å²) in [6, 6.07) is 8.95. The number of hydrogen-bond acceptors (Lipinski definition) is 3. The molecule has 6 nitrogen and oxygen atoms in total. The van der Waals surface area contributed by atoms with Crippen LogP contribution in [0.25, 0.3) is 5.69 Å². The average Bonchev–Trinajstić information content (AvgIpc) is 2.77. The van der Waals surface area contributed by atoms with Gasteiger partial charge in [0, 0.05) is 7.05 Å². The number of carbonyl (C=O) groups is 1. The summed E-state index contributed by atoms with van der Waals surface area (Å²) in [7, 11) is 1.69. The van der Waals surface area contributed by atoms with E-state index in [9.17, 15) is 14.0 Å². The van der Waals surface area contributed by atoms with Crippen LogP contribution in [0.2, 0.25) is 0 Å². The fraction of sp³-hybridized carbons (Fsp3) is 0.333. The fourth-order valence-corrected chi connectivity index (χ4v) is 2.61. The minimum absolute atomic E-state index is 0.127. The molecule has 136 valence electrons. The number of aromatic nitrogens is 2. The number of alkyl halides is 4. The van der Waals surface area contributed by atoms with Crippen molar-refractivity contribution in [3.8, 4) is 5.69 Å². The molecule has 0 radical (unpaired) electrons. The number of halogens is 4. The van der Waals surface area contributed by atoms with Crippen molar-refractivity contribution >= 4 is 46.4 Å². The summed E-state index contributed by atoms with van der Waals surface area (Å²) in [6.45, 7) is 0.413. The molecule has 1 atom stereocenters. The van der Waals surface area contributed by atoms with Crippen molar-refractivity contribution in [3.63, 3.8) is 0 Å². The van der Waals surface area contributed by atoms with E-state index in [4.69, 9.17) is 34.8 Å². The van der Waals surface area contributed by atoms with Crippen molar-refractivity contribution in [1.29, 1.82) is 0 Å². The predicted octanol–water partition coefficient (Wildman–Crippen LogP) is 2.68. The van der Waals surface area contributed by atoms with E-state index < -0.39 is 28.1 Å². The molecule has 0 fully saturated rings. The number of nitrogens with one attached hydrogen (secondary N) is 2. The van der Waals surface area contributed by atoms with E-state index in [0.717, 1.165) is 0 Å². The number of carbonyl (C=O) groups excluding carboxylic acids is 1. The lowest BCUT2D eigenvalue weighted by Gasteiger charge is -2.26. The Morgan fingerprint density at radius 2 is 1.88 bits per heavy atom. The topological polar surface area (TPSA) is 68.1 Å². The minimum Gasteiger partial charge on any atom is -0.356 e. The zero-order chi connectivity index (χ0) is 18.8. The van der Waals surface area contributed by atoms with Crippen molar-refractivity contribution in [2.45, 2.75) is 16.9 Å². The Hall–Kier alpha value is -1.70. The Morgan fingerprint density at radius 3 is 2.40 bits per heavy atom. The third kappa shape index (κ3) is 4.29. The van der Waals surface area contributed by atoms with Crippen molar-refractivity contribution in [1.82, 2.24) is 14.7 Å². The van der Waals surface area contributed by atoms with Gasteiger partial charge in [0.2, 0.25) is 3.79 Å². The van der Waals surface area contributed by atoms with Crippen molar-refractivity contribution in [2.24, 2.45) is 7.05 Å². The first-order chi connectivity index (χ1) is 11.7. The number of para-hydroxylation sites is 1. The molecular formula is C15H16Cl3FN4O2. The maximum absolute atomic E-state index is 12.8. The van der Waals surface area contributed by atoms with Gasteiger partial charge in [0.25, 0.3) is 11.5 Å². The molecule has 0 aliphatic heterocycles. The third-order valence-electron chi connectivity index (χ3n) is 3.60. The number of benzene rings is 1. The predicted molar refractivity (Wildman–Crippen MR) is 97.6 cm³/mol. The van der Waals surface area contributed by atoms with Crippen LogP contribution in [-0.4, -0.2) is 31.9 Å². The molecule has 1 aromatic heterocycles. The lowest BCUT2D eigenvalue weighted by molar-refractivity contribution is -0.122. The molecule has 0 spiro atoms. The third-order valence-corrected chi connectivity index (χ3v) is 4.25. The second kappa shape index (κ2) is 7.68. The summed E-state index contributed by atoms with van der Waals surface area (Å²) in [5.41, 5.74) is 0.911. The van der Waals surface area contributed by atoms with Crippen molar-refractivity contribution in [2.75, 3.05) is 12.0 Å². The molecule has 2 N–H and O–H groups in total. The summed E-state index contributed by atoms with van der Waals surface area (Å²) in [6.07, 6.45) is -1.29. The molecule has 0 saturated heterocycles. The van der Waals surface area contributed by atoms with E-state index in [-0.39, 0.29) is 5.69 Å². The SMILES string of the molecule is Cc1c(N[C@H](NC(=O)CF)C(Cl)(Cl)Cl)c(=O)n(-c2ccccc2)n1C. The van der Waals surface area contributed by atoms with Crippen LogP contribution >= 0.6 is 34.8 Å². The summed E-state index contributed by atoms with van der Waals surface area (Å²) >= 11 is 17.5. The number of rotatable bonds is 5. The van der Waals surface area contributed by atoms with E-state index in [2.05, 4.69) is 10.6 Å². The van der Waals surface area contributed by atoms with Gasteiger partial charge in [0.1, 0.15) is 11.9 Å². The molecule has 2 rings (SSSR count). The van der Waals surface area contributed by atoms with E-state index in [1.807, 2.05) is 6.07 Å². The highest BCUT2D eigenvalue weighted by Crippen LogP contribution is 2.31. The van der Waals surface area contributed by atoms with E-state index in [1.54, 1.807) is 42.9 Å². The van der Waals surface area contributed by atoms with Crippen LogP contribution in [0.5, 0.6) is 0 Å². The monoisotopic (exact) mass is 408 g/mol. The smallest absolute Gasteiger partial charge is 0.295 e. The maximum Gasteiger partial charge on any atom is 0.295 e. The quantitative estimate of drug-likeness (QED) is 0.589. The maximum atomic E-state index is 12.8. The Kier molecular flexibility index (Phi) is 6.03. The van der Waals surface area contributed by atoms with Crippen LogP contribution in [-0.2, 0) is 11.8 Å². The number of hydrogen-bond donors (Lipinski definition) is 2. The zero-order valence-electron chi connectivity index (χ0n) is 13.4. The van der Waals surface area contributed by atoms with Gasteiger partial charge in [-0.3, -0.25) is 14.3 Å². The summed E-state index contributed by atoms with van der Waals surface area (Å²) in [5, 5.41) is 4.90. The summed E-state index contributed by atoms with van der Waals surface area (Å²) < 4.78 is 13.5. The molecule has 0 aliphatic rings. The second-order valence-corrected chi connectivity index (χ2v) is 7.63. The first-order valence-corrected chi connectivity index (χ1v) is 8.32. The Labute approximate surface area is 158 Å². The lowest BCUT2D eigenvalue weighted by Crippen LogP contribution is -2.50. The van der Waals surface area contributed by atoms with Gasteiger partial charge in [0.15, 0.2) is 6.67 Å². The first-order valence-electron chi connectivity index (χ1n) is 7.19. The van der Waals surface area contributed by atoms with Gasteiger partial charge in [-0.2, -0.15) is 0 Å². The molecule has 0 bridgehead atoms. The zero-order valence-corrected chi connectivity index (χ0v) is 15.7. The molecule has 1 aromatic carbocycles. The van der Waals surface area contributed by atoms with Crippen molar-refractivity contribution < 1.29 is 9.18 Å². The summed E-state index contributed by atoms with van der Waals surface area (Å²) in [4.78, 5) is 24.1. The Morgan fingerprint density at radius 1 is 1.28 bits per heavy atom. The first kappa shape index (κ1) is 19.6. The minimum atomic E-state index is -2.00. The van der Waals surface area contributed by atoms with Crippen LogP contribution in [0.15, 0.2) is 35.1 Å². The molecule has 1 amide bonds. The highest BCUT2D eigenvalue weighted by atomic mass is 35.6. The molecule has 0 unspecified atom stereocenters. The Balaban J connectivity index is 2.46. The highest BCUT2D eigenvalue weighted by molar-refractivity contribution is 6.68. The molecule has 1 heterocycles. The van der Waals surface area contributed by atoms with Gasteiger partial charge in [0.05, 0.1) is 11.4 Å². The molecule has 2 aromatic rings. The van der Waals surface area contributed by atoms with Gasteiger partial charge in [-0.1, -0.05) is 53.0 Å². The molecule has 0 saturated carbocycles. The molecule has 0 aliphatic carbocycles. The standard InChI is InChI=1S/C15H16Cl3FN4O2/c1-9-12(21-14(15(16,17)18)20-11(24)8-19)13(25)23(22(9)2)10-6-4-3-5-7-10/h3-7,14,21H,8H2,1-2H3,(H,20,24)/t14-/m0/s1. The van der Waals surface area contributed by atoms with Crippen LogP contribution in [0.3, 0.4) is 0 Å². The fourth-order valence-electron chi connectivity index (χ4n) is 2.28. The average molecular weight is 410 g/mol. The largest absolute Gasteiger partial charge is 0.356 e. The van der Waals surface area contributed by atoms with E-state index in [0.29, 0.717) is 11.4 Å². The molecule has 10 heteroatoms. The van der Waals surface area contributed by atoms with E-state index >= 15 is 0 Å². The lowest BCUT2D eigenvalue weighted by atomic mass is 10.3. The van der Waals surface area contributed by atoms with E-state index in [1.165, 1.54) is 4.68 Å². The Bertz CT molecular complexity index is 815. The van der Waals surface area contributed by atoms with Crippen LogP contribution in [0, 0.1) is 6.92 Å². The van der Waals surface area contributed by atoms with Crippen LogP contribution in [0.1, 0.15) is 5.69 Å². The van der Waals surface area contributed by atoms with Crippen LogP contribution < -0.4 is 16.2 Å². The van der Waals surface area contributed by atoms with Crippen molar-refractivity contribution in [3.05, 3.63) is 46.4 Å². The van der Waals surface area contributed by atoms with Gasteiger partial charge in [-0.05, 0) is 19.1 Å². The number of anilines is 1. The number of nitrogens with zero attached hydrogens (tertiary/aromatic N) is 2. The second-order valence-electron chi connectivity index (χ2n) is 5.26. The summed E-state index contributed by atoms with van der Waals surface area (Å²) in [5.74, 6) is -0.971. The van der Waals surface area contributed by atoms with Gasteiger partial charge >= 0.3 is 0 Å². The molecular weight excluding hydrogens is 394 g/mol.